The van der Waals surface area contributed by atoms with Crippen LogP contribution < -0.4 is 10.5 Å². The molecule has 0 unspecified atom stereocenters. The fourth-order valence-corrected chi connectivity index (χ4v) is 3.58. The molecule has 0 spiro atoms. The molecule has 0 aliphatic carbocycles. The van der Waals surface area contributed by atoms with Gasteiger partial charge < -0.3 is 4.90 Å². The van der Waals surface area contributed by atoms with Crippen LogP contribution in [0.2, 0.25) is 5.02 Å². The zero-order valence-electron chi connectivity index (χ0n) is 14.8. The minimum absolute atomic E-state index is 0.0626. The Bertz CT molecular complexity index is 997. The summed E-state index contributed by atoms with van der Waals surface area (Å²) >= 11 is 5.95. The standard InChI is InChI=1S/C20H20ClFN4O/c21-15-4-6-16(7-5-15)25-11-8-24(9-12-25)10-13-26-14-23-18-3-1-2-17(22)19(18)20(26)27/h1-7,14H,8-13H2. The Hall–Kier alpha value is -2.44. The highest BCUT2D eigenvalue weighted by Crippen LogP contribution is 2.19. The molecule has 7 heteroatoms. The summed E-state index contributed by atoms with van der Waals surface area (Å²) in [6.45, 7) is 4.88. The summed E-state index contributed by atoms with van der Waals surface area (Å²) in [5.74, 6) is -0.518. The lowest BCUT2D eigenvalue weighted by Crippen LogP contribution is -2.47. The van der Waals surface area contributed by atoms with E-state index in [1.165, 1.54) is 22.6 Å². The summed E-state index contributed by atoms with van der Waals surface area (Å²) in [6.07, 6.45) is 1.51. The number of hydrogen-bond donors (Lipinski definition) is 0. The van der Waals surface area contributed by atoms with Crippen LogP contribution in [0.3, 0.4) is 0 Å². The van der Waals surface area contributed by atoms with E-state index < -0.39 is 5.82 Å². The molecule has 0 saturated carbocycles. The normalized spacial score (nSPS) is 15.4. The quantitative estimate of drug-likeness (QED) is 0.691. The van der Waals surface area contributed by atoms with E-state index >= 15 is 0 Å². The second kappa shape index (κ2) is 7.66. The van der Waals surface area contributed by atoms with E-state index in [1.807, 2.05) is 24.3 Å². The molecular formula is C20H20ClFN4O. The van der Waals surface area contributed by atoms with E-state index in [0.29, 0.717) is 12.1 Å². The summed E-state index contributed by atoms with van der Waals surface area (Å²) in [5.41, 5.74) is 1.25. The first kappa shape index (κ1) is 17.9. The first-order valence-electron chi connectivity index (χ1n) is 8.98. The highest BCUT2D eigenvalue weighted by atomic mass is 35.5. The summed E-state index contributed by atoms with van der Waals surface area (Å²) in [6, 6.07) is 12.4. The van der Waals surface area contributed by atoms with Gasteiger partial charge in [0.1, 0.15) is 11.2 Å². The molecule has 4 rings (SSSR count). The third-order valence-corrected chi connectivity index (χ3v) is 5.28. The van der Waals surface area contributed by atoms with Gasteiger partial charge in [0.05, 0.1) is 11.8 Å². The molecule has 0 atom stereocenters. The molecule has 1 saturated heterocycles. The molecule has 0 N–H and O–H groups in total. The number of rotatable bonds is 4. The van der Waals surface area contributed by atoms with Crippen LogP contribution in [0.25, 0.3) is 10.9 Å². The van der Waals surface area contributed by atoms with Crippen molar-refractivity contribution in [1.29, 1.82) is 0 Å². The minimum Gasteiger partial charge on any atom is -0.369 e. The average Bonchev–Trinajstić information content (AvgIpc) is 2.69. The van der Waals surface area contributed by atoms with Gasteiger partial charge in [-0.1, -0.05) is 17.7 Å². The van der Waals surface area contributed by atoms with Gasteiger partial charge in [-0.15, -0.1) is 0 Å². The molecule has 27 heavy (non-hydrogen) atoms. The lowest BCUT2D eigenvalue weighted by molar-refractivity contribution is 0.247. The fraction of sp³-hybridized carbons (Fsp3) is 0.300. The van der Waals surface area contributed by atoms with Gasteiger partial charge in [-0.05, 0) is 36.4 Å². The van der Waals surface area contributed by atoms with E-state index in [9.17, 15) is 9.18 Å². The number of piperazine rings is 1. The second-order valence-electron chi connectivity index (χ2n) is 6.68. The van der Waals surface area contributed by atoms with Crippen LogP contribution in [0.4, 0.5) is 10.1 Å². The Labute approximate surface area is 161 Å². The van der Waals surface area contributed by atoms with Gasteiger partial charge >= 0.3 is 0 Å². The van der Waals surface area contributed by atoms with Crippen molar-refractivity contribution in [3.8, 4) is 0 Å². The van der Waals surface area contributed by atoms with Gasteiger partial charge in [0.25, 0.3) is 5.56 Å². The van der Waals surface area contributed by atoms with Crippen LogP contribution in [-0.2, 0) is 6.54 Å². The van der Waals surface area contributed by atoms with Gasteiger partial charge in [-0.3, -0.25) is 14.3 Å². The van der Waals surface area contributed by atoms with Crippen molar-refractivity contribution >= 4 is 28.2 Å². The predicted molar refractivity (Wildman–Crippen MR) is 106 cm³/mol. The van der Waals surface area contributed by atoms with Gasteiger partial charge in [0.2, 0.25) is 0 Å². The number of halogens is 2. The summed E-state index contributed by atoms with van der Waals surface area (Å²) < 4.78 is 15.5. The van der Waals surface area contributed by atoms with E-state index in [0.717, 1.165) is 37.7 Å². The van der Waals surface area contributed by atoms with Crippen molar-refractivity contribution < 1.29 is 4.39 Å². The molecule has 5 nitrogen and oxygen atoms in total. The number of fused-ring (bicyclic) bond motifs is 1. The highest BCUT2D eigenvalue weighted by Gasteiger charge is 2.17. The Morgan fingerprint density at radius 2 is 1.74 bits per heavy atom. The Morgan fingerprint density at radius 1 is 1.00 bits per heavy atom. The van der Waals surface area contributed by atoms with Crippen LogP contribution in [-0.4, -0.2) is 47.2 Å². The molecule has 140 valence electrons. The Balaban J connectivity index is 1.38. The Kier molecular flexibility index (Phi) is 5.09. The molecule has 3 aromatic rings. The molecule has 1 aliphatic rings. The van der Waals surface area contributed by atoms with Crippen molar-refractivity contribution in [2.24, 2.45) is 0 Å². The monoisotopic (exact) mass is 386 g/mol. The van der Waals surface area contributed by atoms with E-state index in [1.54, 1.807) is 12.1 Å². The SMILES string of the molecule is O=c1c2c(F)cccc2ncn1CCN1CCN(c2ccc(Cl)cc2)CC1. The molecule has 0 amide bonds. The first-order valence-corrected chi connectivity index (χ1v) is 9.36. The van der Waals surface area contributed by atoms with Crippen molar-refractivity contribution in [1.82, 2.24) is 14.5 Å². The lowest BCUT2D eigenvalue weighted by Gasteiger charge is -2.36. The number of hydrogen-bond acceptors (Lipinski definition) is 4. The molecule has 2 heterocycles. The highest BCUT2D eigenvalue weighted by molar-refractivity contribution is 6.30. The molecule has 1 fully saturated rings. The smallest absolute Gasteiger partial charge is 0.264 e. The zero-order valence-corrected chi connectivity index (χ0v) is 15.6. The fourth-order valence-electron chi connectivity index (χ4n) is 3.45. The third-order valence-electron chi connectivity index (χ3n) is 5.02. The van der Waals surface area contributed by atoms with Gasteiger partial charge in [0, 0.05) is 50.0 Å². The molecule has 0 bridgehead atoms. The first-order chi connectivity index (χ1) is 13.1. The maximum absolute atomic E-state index is 14.0. The summed E-state index contributed by atoms with van der Waals surface area (Å²) in [7, 11) is 0. The number of anilines is 1. The maximum atomic E-state index is 14.0. The number of nitrogens with zero attached hydrogens (tertiary/aromatic N) is 4. The van der Waals surface area contributed by atoms with Crippen molar-refractivity contribution in [2.45, 2.75) is 6.54 Å². The zero-order chi connectivity index (χ0) is 18.8. The van der Waals surface area contributed by atoms with E-state index in [2.05, 4.69) is 14.8 Å². The van der Waals surface area contributed by atoms with Crippen LogP contribution in [0.1, 0.15) is 0 Å². The Morgan fingerprint density at radius 3 is 2.48 bits per heavy atom. The number of aromatic nitrogens is 2. The number of benzene rings is 2. The summed E-state index contributed by atoms with van der Waals surface area (Å²) in [4.78, 5) is 21.4. The predicted octanol–water partition coefficient (Wildman–Crippen LogP) is 3.01. The van der Waals surface area contributed by atoms with Crippen molar-refractivity contribution in [3.63, 3.8) is 0 Å². The van der Waals surface area contributed by atoms with Crippen molar-refractivity contribution in [3.05, 3.63) is 70.0 Å². The minimum atomic E-state index is -0.518. The van der Waals surface area contributed by atoms with Gasteiger partial charge in [-0.25, -0.2) is 9.37 Å². The van der Waals surface area contributed by atoms with E-state index in [4.69, 9.17) is 11.6 Å². The third kappa shape index (κ3) is 3.82. The average molecular weight is 387 g/mol. The van der Waals surface area contributed by atoms with Crippen LogP contribution in [0, 0.1) is 5.82 Å². The largest absolute Gasteiger partial charge is 0.369 e. The van der Waals surface area contributed by atoms with E-state index in [-0.39, 0.29) is 10.9 Å². The maximum Gasteiger partial charge on any atom is 0.264 e. The van der Waals surface area contributed by atoms with Crippen LogP contribution in [0.5, 0.6) is 0 Å². The van der Waals surface area contributed by atoms with Crippen LogP contribution >= 0.6 is 11.6 Å². The van der Waals surface area contributed by atoms with Gasteiger partial charge in [-0.2, -0.15) is 0 Å². The van der Waals surface area contributed by atoms with Crippen LogP contribution in [0.15, 0.2) is 53.6 Å². The molecule has 0 radical (unpaired) electrons. The summed E-state index contributed by atoms with van der Waals surface area (Å²) in [5, 5.41) is 0.802. The van der Waals surface area contributed by atoms with Gasteiger partial charge in [0.15, 0.2) is 0 Å². The second-order valence-corrected chi connectivity index (χ2v) is 7.12. The lowest BCUT2D eigenvalue weighted by atomic mass is 10.2. The molecule has 1 aromatic heterocycles. The molecule has 1 aliphatic heterocycles. The van der Waals surface area contributed by atoms with Crippen molar-refractivity contribution in [2.75, 3.05) is 37.6 Å². The topological polar surface area (TPSA) is 41.4 Å². The molecular weight excluding hydrogens is 367 g/mol. The molecule has 2 aromatic carbocycles.